The molecular formula is C9H11NO4. The highest BCUT2D eigenvalue weighted by Gasteiger charge is 2.21. The minimum absolute atomic E-state index is 0.0571. The molecule has 0 heterocycles. The maximum absolute atomic E-state index is 11.3. The highest BCUT2D eigenvalue weighted by Crippen LogP contribution is 2.13. The number of amides is 2. The van der Waals surface area contributed by atoms with E-state index < -0.39 is 12.0 Å². The summed E-state index contributed by atoms with van der Waals surface area (Å²) in [6, 6.07) is 0. The van der Waals surface area contributed by atoms with Gasteiger partial charge in [-0.1, -0.05) is 6.08 Å². The Bertz CT molecular complexity index is 306. The highest BCUT2D eigenvalue weighted by atomic mass is 16.5. The number of allylic oxidation sites excluding steroid dienone is 1. The van der Waals surface area contributed by atoms with Gasteiger partial charge in [0.15, 0.2) is 5.78 Å². The fraction of sp³-hybridized carbons (Fsp3) is 0.444. The maximum Gasteiger partial charge on any atom is 0.413 e. The molecule has 2 amide bonds. The molecule has 1 aliphatic carbocycles. The SMILES string of the molecule is COC(=O)NC(=O)C1=CCCCC1=O. The monoisotopic (exact) mass is 197 g/mol. The van der Waals surface area contributed by atoms with Gasteiger partial charge in [-0.25, -0.2) is 4.79 Å². The number of carbonyl (C=O) groups is 3. The lowest BCUT2D eigenvalue weighted by molar-refractivity contribution is -0.122. The minimum Gasteiger partial charge on any atom is -0.453 e. The first-order valence-corrected chi connectivity index (χ1v) is 4.28. The van der Waals surface area contributed by atoms with Crippen LogP contribution >= 0.6 is 0 Å². The van der Waals surface area contributed by atoms with Crippen LogP contribution in [-0.2, 0) is 14.3 Å². The van der Waals surface area contributed by atoms with Crippen LogP contribution in [0.25, 0.3) is 0 Å². The summed E-state index contributed by atoms with van der Waals surface area (Å²) in [4.78, 5) is 33.2. The van der Waals surface area contributed by atoms with Crippen LogP contribution in [0.15, 0.2) is 11.6 Å². The molecule has 1 aliphatic rings. The molecule has 14 heavy (non-hydrogen) atoms. The van der Waals surface area contributed by atoms with Gasteiger partial charge in [-0.3, -0.25) is 14.9 Å². The first-order chi connectivity index (χ1) is 6.65. The van der Waals surface area contributed by atoms with Crippen LogP contribution in [0.1, 0.15) is 19.3 Å². The molecule has 0 aromatic heterocycles. The molecule has 0 saturated carbocycles. The normalized spacial score (nSPS) is 15.8. The Hall–Kier alpha value is -1.65. The molecule has 1 N–H and O–H groups in total. The van der Waals surface area contributed by atoms with Gasteiger partial charge in [0.1, 0.15) is 0 Å². The minimum atomic E-state index is -0.853. The van der Waals surface area contributed by atoms with Crippen LogP contribution in [-0.4, -0.2) is 24.9 Å². The molecule has 0 aromatic carbocycles. The number of rotatable bonds is 1. The number of methoxy groups -OCH3 is 1. The Kier molecular flexibility index (Phi) is 3.39. The molecular weight excluding hydrogens is 186 g/mol. The molecule has 0 radical (unpaired) electrons. The zero-order chi connectivity index (χ0) is 10.6. The van der Waals surface area contributed by atoms with Gasteiger partial charge in [-0.15, -0.1) is 0 Å². The predicted molar refractivity (Wildman–Crippen MR) is 47.5 cm³/mol. The average Bonchev–Trinajstić information content (AvgIpc) is 2.18. The first kappa shape index (κ1) is 10.4. The lowest BCUT2D eigenvalue weighted by Crippen LogP contribution is -2.34. The van der Waals surface area contributed by atoms with Gasteiger partial charge in [-0.05, 0) is 12.8 Å². The van der Waals surface area contributed by atoms with Crippen molar-refractivity contribution in [1.29, 1.82) is 0 Å². The summed E-state index contributed by atoms with van der Waals surface area (Å²) in [7, 11) is 1.15. The zero-order valence-electron chi connectivity index (χ0n) is 7.83. The van der Waals surface area contributed by atoms with Crippen LogP contribution in [0.4, 0.5) is 4.79 Å². The fourth-order valence-corrected chi connectivity index (χ4v) is 1.19. The Balaban J connectivity index is 2.64. The summed E-state index contributed by atoms with van der Waals surface area (Å²) in [6.07, 6.45) is 2.50. The standard InChI is InChI=1S/C9H11NO4/c1-14-9(13)10-8(12)6-4-2-3-5-7(6)11/h4H,2-3,5H2,1H3,(H,10,12,13). The van der Waals surface area contributed by atoms with Crippen molar-refractivity contribution in [3.8, 4) is 0 Å². The van der Waals surface area contributed by atoms with Crippen molar-refractivity contribution in [2.75, 3.05) is 7.11 Å². The number of hydrogen-bond donors (Lipinski definition) is 1. The van der Waals surface area contributed by atoms with Crippen LogP contribution in [0, 0.1) is 0 Å². The van der Waals surface area contributed by atoms with Gasteiger partial charge in [0.25, 0.3) is 5.91 Å². The van der Waals surface area contributed by atoms with Gasteiger partial charge in [0.2, 0.25) is 0 Å². The summed E-state index contributed by atoms with van der Waals surface area (Å²) in [5.41, 5.74) is 0.0571. The van der Waals surface area contributed by atoms with Crippen molar-refractivity contribution in [2.45, 2.75) is 19.3 Å². The molecule has 0 unspecified atom stereocenters. The van der Waals surface area contributed by atoms with Crippen molar-refractivity contribution < 1.29 is 19.1 Å². The molecule has 0 fully saturated rings. The van der Waals surface area contributed by atoms with Crippen molar-refractivity contribution >= 4 is 17.8 Å². The number of ketones is 1. The molecule has 0 bridgehead atoms. The van der Waals surface area contributed by atoms with E-state index in [2.05, 4.69) is 4.74 Å². The molecule has 76 valence electrons. The van der Waals surface area contributed by atoms with Gasteiger partial charge >= 0.3 is 6.09 Å². The Morgan fingerprint density at radius 1 is 1.50 bits per heavy atom. The topological polar surface area (TPSA) is 72.5 Å². The molecule has 0 saturated heterocycles. The average molecular weight is 197 g/mol. The Morgan fingerprint density at radius 3 is 2.79 bits per heavy atom. The predicted octanol–water partition coefficient (Wildman–Crippen LogP) is 0.548. The van der Waals surface area contributed by atoms with Crippen LogP contribution in [0.2, 0.25) is 0 Å². The summed E-state index contributed by atoms with van der Waals surface area (Å²) in [5.74, 6) is -0.904. The second-order valence-corrected chi connectivity index (χ2v) is 2.88. The van der Waals surface area contributed by atoms with Gasteiger partial charge in [-0.2, -0.15) is 0 Å². The van der Waals surface area contributed by atoms with E-state index in [0.717, 1.165) is 13.5 Å². The number of nitrogens with one attached hydrogen (secondary N) is 1. The third-order valence-electron chi connectivity index (χ3n) is 1.90. The van der Waals surface area contributed by atoms with E-state index in [1.54, 1.807) is 6.08 Å². The fourth-order valence-electron chi connectivity index (χ4n) is 1.19. The molecule has 0 aliphatic heterocycles. The van der Waals surface area contributed by atoms with Crippen molar-refractivity contribution in [1.82, 2.24) is 5.32 Å². The van der Waals surface area contributed by atoms with E-state index in [1.807, 2.05) is 5.32 Å². The Labute approximate surface area is 81.1 Å². The second-order valence-electron chi connectivity index (χ2n) is 2.88. The van der Waals surface area contributed by atoms with Crippen molar-refractivity contribution in [3.05, 3.63) is 11.6 Å². The summed E-state index contributed by atoms with van der Waals surface area (Å²) in [5, 5.41) is 1.94. The van der Waals surface area contributed by atoms with Gasteiger partial charge < -0.3 is 4.74 Å². The molecule has 0 spiro atoms. The lowest BCUT2D eigenvalue weighted by Gasteiger charge is -2.10. The van der Waals surface area contributed by atoms with Crippen LogP contribution < -0.4 is 5.32 Å². The molecule has 5 heteroatoms. The summed E-state index contributed by atoms with van der Waals surface area (Å²) in [6.45, 7) is 0. The van der Waals surface area contributed by atoms with E-state index >= 15 is 0 Å². The van der Waals surface area contributed by atoms with E-state index in [9.17, 15) is 14.4 Å². The number of ether oxygens (including phenoxy) is 1. The number of hydrogen-bond acceptors (Lipinski definition) is 4. The first-order valence-electron chi connectivity index (χ1n) is 4.28. The smallest absolute Gasteiger partial charge is 0.413 e. The Morgan fingerprint density at radius 2 is 2.21 bits per heavy atom. The third kappa shape index (κ3) is 2.42. The van der Waals surface area contributed by atoms with Gasteiger partial charge in [0.05, 0.1) is 12.7 Å². The molecule has 0 aromatic rings. The number of imide groups is 1. The number of Topliss-reactive ketones (excluding diaryl/α,β-unsaturated/α-hetero) is 1. The van der Waals surface area contributed by atoms with E-state index in [0.29, 0.717) is 12.8 Å². The second kappa shape index (κ2) is 4.55. The van der Waals surface area contributed by atoms with E-state index in [1.165, 1.54) is 0 Å². The highest BCUT2D eigenvalue weighted by molar-refractivity contribution is 6.22. The van der Waals surface area contributed by atoms with Gasteiger partial charge in [0, 0.05) is 6.42 Å². The quantitative estimate of drug-likeness (QED) is 0.623. The largest absolute Gasteiger partial charge is 0.453 e. The van der Waals surface area contributed by atoms with E-state index in [4.69, 9.17) is 0 Å². The maximum atomic E-state index is 11.3. The summed E-state index contributed by atoms with van der Waals surface area (Å²) >= 11 is 0. The van der Waals surface area contributed by atoms with Crippen molar-refractivity contribution in [3.63, 3.8) is 0 Å². The van der Waals surface area contributed by atoms with Crippen LogP contribution in [0.3, 0.4) is 0 Å². The number of carbonyl (C=O) groups excluding carboxylic acids is 3. The van der Waals surface area contributed by atoms with Crippen molar-refractivity contribution in [2.24, 2.45) is 0 Å². The van der Waals surface area contributed by atoms with Crippen LogP contribution in [0.5, 0.6) is 0 Å². The molecule has 1 rings (SSSR count). The summed E-state index contributed by atoms with van der Waals surface area (Å²) < 4.78 is 4.24. The number of alkyl carbamates (subject to hydrolysis) is 1. The third-order valence-corrected chi connectivity index (χ3v) is 1.90. The molecule has 0 atom stereocenters. The van der Waals surface area contributed by atoms with E-state index in [-0.39, 0.29) is 11.4 Å². The lowest BCUT2D eigenvalue weighted by atomic mass is 9.98. The molecule has 5 nitrogen and oxygen atoms in total. The zero-order valence-corrected chi connectivity index (χ0v) is 7.83.